The predicted octanol–water partition coefficient (Wildman–Crippen LogP) is 3.43. The van der Waals surface area contributed by atoms with Gasteiger partial charge in [-0.15, -0.1) is 0 Å². The molecule has 0 saturated heterocycles. The smallest absolute Gasteiger partial charge is 0.307 e. The monoisotopic (exact) mass is 353 g/mol. The minimum atomic E-state index is -0.870. The summed E-state index contributed by atoms with van der Waals surface area (Å²) in [6, 6.07) is 3.76. The molecule has 0 bridgehead atoms. The lowest BCUT2D eigenvalue weighted by atomic mass is 9.86. The van der Waals surface area contributed by atoms with Crippen LogP contribution in [0.4, 0.5) is 0 Å². The molecule has 0 saturated carbocycles. The summed E-state index contributed by atoms with van der Waals surface area (Å²) in [6.45, 7) is 9.43. The van der Waals surface area contributed by atoms with Gasteiger partial charge in [-0.25, -0.2) is 0 Å². The van der Waals surface area contributed by atoms with Crippen LogP contribution in [0.1, 0.15) is 52.0 Å². The molecule has 2 unspecified atom stereocenters. The number of carboxylic acids is 1. The Labute approximate surface area is 150 Å². The summed E-state index contributed by atoms with van der Waals surface area (Å²) in [5, 5.41) is 9.35. The van der Waals surface area contributed by atoms with Crippen LogP contribution in [0, 0.1) is 5.92 Å². The van der Waals surface area contributed by atoms with Gasteiger partial charge in [0, 0.05) is 18.2 Å². The first kappa shape index (κ1) is 21.1. The third-order valence-corrected chi connectivity index (χ3v) is 4.09. The van der Waals surface area contributed by atoms with Gasteiger partial charge in [-0.1, -0.05) is 6.92 Å². The van der Waals surface area contributed by atoms with E-state index < -0.39 is 11.9 Å². The van der Waals surface area contributed by atoms with Crippen LogP contribution in [-0.2, 0) is 4.79 Å². The highest BCUT2D eigenvalue weighted by molar-refractivity contribution is 5.70. The van der Waals surface area contributed by atoms with Crippen molar-refractivity contribution < 1.29 is 24.1 Å². The van der Waals surface area contributed by atoms with E-state index >= 15 is 0 Å². The molecule has 0 aliphatic carbocycles. The molecular weight excluding hydrogens is 322 g/mol. The molecule has 0 spiro atoms. The number of hydrogen-bond acceptors (Lipinski definition) is 5. The van der Waals surface area contributed by atoms with Gasteiger partial charge in [0.25, 0.3) is 0 Å². The van der Waals surface area contributed by atoms with Gasteiger partial charge in [-0.3, -0.25) is 4.79 Å². The summed E-state index contributed by atoms with van der Waals surface area (Å²) in [5.41, 5.74) is 6.56. The van der Waals surface area contributed by atoms with Gasteiger partial charge in [-0.05, 0) is 45.6 Å². The van der Waals surface area contributed by atoms with Crippen molar-refractivity contribution in [2.24, 2.45) is 11.7 Å². The zero-order valence-electron chi connectivity index (χ0n) is 15.7. The number of hydrogen-bond donors (Lipinski definition) is 2. The quantitative estimate of drug-likeness (QED) is 0.598. The minimum absolute atomic E-state index is 0.00851. The SMILES string of the molecule is CCOc1cc(OCC)c(OCC)c(C(CC)CC(CN)C(=O)O)c1. The largest absolute Gasteiger partial charge is 0.494 e. The maximum atomic E-state index is 11.4. The number of aliphatic carboxylic acids is 1. The maximum Gasteiger partial charge on any atom is 0.307 e. The molecule has 1 aromatic carbocycles. The van der Waals surface area contributed by atoms with Gasteiger partial charge in [0.15, 0.2) is 11.5 Å². The fourth-order valence-corrected chi connectivity index (χ4v) is 2.87. The normalized spacial score (nSPS) is 13.2. The molecule has 0 radical (unpaired) electrons. The van der Waals surface area contributed by atoms with Crippen LogP contribution in [0.15, 0.2) is 12.1 Å². The van der Waals surface area contributed by atoms with Crippen molar-refractivity contribution in [1.29, 1.82) is 0 Å². The van der Waals surface area contributed by atoms with Gasteiger partial charge >= 0.3 is 5.97 Å². The summed E-state index contributed by atoms with van der Waals surface area (Å²) in [6.07, 6.45) is 1.22. The summed E-state index contributed by atoms with van der Waals surface area (Å²) >= 11 is 0. The first-order valence-corrected chi connectivity index (χ1v) is 9.01. The van der Waals surface area contributed by atoms with Crippen LogP contribution in [-0.4, -0.2) is 37.4 Å². The molecule has 0 fully saturated rings. The van der Waals surface area contributed by atoms with Gasteiger partial charge in [0.1, 0.15) is 5.75 Å². The highest BCUT2D eigenvalue weighted by Crippen LogP contribution is 2.43. The maximum absolute atomic E-state index is 11.4. The molecule has 0 heterocycles. The second-order valence-electron chi connectivity index (χ2n) is 5.75. The van der Waals surface area contributed by atoms with Gasteiger partial charge in [-0.2, -0.15) is 0 Å². The Kier molecular flexibility index (Phi) is 9.13. The predicted molar refractivity (Wildman–Crippen MR) is 97.8 cm³/mol. The van der Waals surface area contributed by atoms with Crippen molar-refractivity contribution in [3.63, 3.8) is 0 Å². The molecule has 25 heavy (non-hydrogen) atoms. The molecule has 1 aromatic rings. The second-order valence-corrected chi connectivity index (χ2v) is 5.75. The Morgan fingerprint density at radius 1 is 1.08 bits per heavy atom. The fourth-order valence-electron chi connectivity index (χ4n) is 2.87. The summed E-state index contributed by atoms with van der Waals surface area (Å²) in [7, 11) is 0. The number of nitrogens with two attached hydrogens (primary N) is 1. The zero-order valence-corrected chi connectivity index (χ0v) is 15.7. The summed E-state index contributed by atoms with van der Waals surface area (Å²) < 4.78 is 17.3. The van der Waals surface area contributed by atoms with E-state index in [2.05, 4.69) is 0 Å². The van der Waals surface area contributed by atoms with Crippen molar-refractivity contribution in [1.82, 2.24) is 0 Å². The van der Waals surface area contributed by atoms with Gasteiger partial charge < -0.3 is 25.1 Å². The van der Waals surface area contributed by atoms with E-state index in [-0.39, 0.29) is 12.5 Å². The summed E-state index contributed by atoms with van der Waals surface area (Å²) in [5.74, 6) is 0.521. The van der Waals surface area contributed by atoms with E-state index in [9.17, 15) is 9.90 Å². The van der Waals surface area contributed by atoms with E-state index in [4.69, 9.17) is 19.9 Å². The molecule has 1 rings (SSSR count). The van der Waals surface area contributed by atoms with Gasteiger partial charge in [0.2, 0.25) is 0 Å². The van der Waals surface area contributed by atoms with Crippen LogP contribution in [0.3, 0.4) is 0 Å². The van der Waals surface area contributed by atoms with E-state index in [0.29, 0.717) is 43.5 Å². The summed E-state index contributed by atoms with van der Waals surface area (Å²) in [4.78, 5) is 11.4. The Bertz CT molecular complexity index is 547. The molecule has 3 N–H and O–H groups in total. The van der Waals surface area contributed by atoms with Crippen molar-refractivity contribution in [3.8, 4) is 17.2 Å². The standard InChI is InChI=1S/C19H31NO5/c1-5-13(9-14(12-20)19(21)22)16-10-15(23-6-2)11-17(24-7-3)18(16)25-8-4/h10-11,13-14H,5-9,12,20H2,1-4H3,(H,21,22). The van der Waals surface area contributed by atoms with Crippen LogP contribution in [0.25, 0.3) is 0 Å². The molecule has 0 aliphatic heterocycles. The number of rotatable bonds is 12. The molecular formula is C19H31NO5. The molecule has 0 amide bonds. The van der Waals surface area contributed by atoms with Crippen LogP contribution in [0.2, 0.25) is 0 Å². The molecule has 0 aliphatic rings. The lowest BCUT2D eigenvalue weighted by Gasteiger charge is -2.24. The lowest BCUT2D eigenvalue weighted by Crippen LogP contribution is -2.25. The average Bonchev–Trinajstić information content (AvgIpc) is 2.58. The third-order valence-electron chi connectivity index (χ3n) is 4.09. The second kappa shape index (κ2) is 10.8. The van der Waals surface area contributed by atoms with Crippen LogP contribution < -0.4 is 19.9 Å². The third kappa shape index (κ3) is 5.81. The van der Waals surface area contributed by atoms with Crippen LogP contribution in [0.5, 0.6) is 17.2 Å². The highest BCUT2D eigenvalue weighted by Gasteiger charge is 2.26. The Balaban J connectivity index is 3.36. The van der Waals surface area contributed by atoms with E-state index in [0.717, 1.165) is 12.0 Å². The Morgan fingerprint density at radius 2 is 1.72 bits per heavy atom. The number of carbonyl (C=O) groups is 1. The minimum Gasteiger partial charge on any atom is -0.494 e. The van der Waals surface area contributed by atoms with Crippen molar-refractivity contribution in [3.05, 3.63) is 17.7 Å². The van der Waals surface area contributed by atoms with Crippen LogP contribution >= 0.6 is 0 Å². The van der Waals surface area contributed by atoms with Crippen molar-refractivity contribution >= 4 is 5.97 Å². The first-order valence-electron chi connectivity index (χ1n) is 9.01. The number of benzene rings is 1. The topological polar surface area (TPSA) is 91.0 Å². The molecule has 142 valence electrons. The molecule has 2 atom stereocenters. The van der Waals surface area contributed by atoms with Crippen molar-refractivity contribution in [2.75, 3.05) is 26.4 Å². The zero-order chi connectivity index (χ0) is 18.8. The lowest BCUT2D eigenvalue weighted by molar-refractivity contribution is -0.141. The van der Waals surface area contributed by atoms with Gasteiger partial charge in [0.05, 0.1) is 25.7 Å². The number of carboxylic acid groups (broad SMARTS) is 1. The first-order chi connectivity index (χ1) is 12.0. The van der Waals surface area contributed by atoms with E-state index in [1.54, 1.807) is 0 Å². The van der Waals surface area contributed by atoms with E-state index in [1.807, 2.05) is 39.8 Å². The fraction of sp³-hybridized carbons (Fsp3) is 0.632. The Hall–Kier alpha value is -1.95. The highest BCUT2D eigenvalue weighted by atomic mass is 16.5. The van der Waals surface area contributed by atoms with Crippen molar-refractivity contribution in [2.45, 2.75) is 46.5 Å². The number of ether oxygens (including phenoxy) is 3. The average molecular weight is 353 g/mol. The molecule has 0 aromatic heterocycles. The van der Waals surface area contributed by atoms with E-state index in [1.165, 1.54) is 0 Å². The molecule has 6 heteroatoms. The Morgan fingerprint density at radius 3 is 2.20 bits per heavy atom. The molecule has 6 nitrogen and oxygen atoms in total.